The number of rotatable bonds is 3. The van der Waals surface area contributed by atoms with Gasteiger partial charge in [-0.25, -0.2) is 4.85 Å². The summed E-state index contributed by atoms with van der Waals surface area (Å²) in [6.45, 7) is 8.21. The van der Waals surface area contributed by atoms with E-state index in [1.807, 2.05) is 0 Å². The molecule has 0 radical (unpaired) electrons. The van der Waals surface area contributed by atoms with Crippen LogP contribution in [0.1, 0.15) is 25.3 Å². The van der Waals surface area contributed by atoms with Crippen LogP contribution in [0, 0.1) is 6.57 Å². The zero-order valence-corrected chi connectivity index (χ0v) is 13.2. The molecule has 26 heavy (non-hydrogen) atoms. The van der Waals surface area contributed by atoms with Crippen molar-refractivity contribution in [1.29, 1.82) is 0 Å². The van der Waals surface area contributed by atoms with Gasteiger partial charge in [-0.1, -0.05) is 13.0 Å². The van der Waals surface area contributed by atoms with Gasteiger partial charge in [0.25, 0.3) is 5.91 Å². The lowest BCUT2D eigenvalue weighted by atomic mass is 9.90. The number of alkyl halides is 6. The minimum absolute atomic E-state index is 0.0752. The Balaban J connectivity index is 2.26. The quantitative estimate of drug-likeness (QED) is 0.610. The molecule has 1 atom stereocenters. The molecule has 5 nitrogen and oxygen atoms in total. The molecule has 2 rings (SSSR count). The molecular weight excluding hydrogens is 366 g/mol. The zero-order chi connectivity index (χ0) is 19.8. The van der Waals surface area contributed by atoms with Crippen LogP contribution in [0.15, 0.2) is 23.3 Å². The molecule has 2 N–H and O–H groups in total. The second-order valence-electron chi connectivity index (χ2n) is 5.58. The number of nitrogens with zero attached hydrogens (tertiary/aromatic N) is 2. The van der Waals surface area contributed by atoms with Crippen molar-refractivity contribution in [3.05, 3.63) is 35.2 Å². The van der Waals surface area contributed by atoms with Gasteiger partial charge >= 0.3 is 12.4 Å². The average Bonchev–Trinajstić information content (AvgIpc) is 3.00. The van der Waals surface area contributed by atoms with Gasteiger partial charge in [0.2, 0.25) is 0 Å². The first-order valence-corrected chi connectivity index (χ1v) is 7.24. The van der Waals surface area contributed by atoms with Crippen LogP contribution in [0.2, 0.25) is 0 Å². The van der Waals surface area contributed by atoms with Gasteiger partial charge in [0.15, 0.2) is 5.69 Å². The van der Waals surface area contributed by atoms with Crippen molar-refractivity contribution < 1.29 is 31.1 Å². The van der Waals surface area contributed by atoms with Crippen LogP contribution in [-0.4, -0.2) is 23.3 Å². The van der Waals surface area contributed by atoms with Crippen molar-refractivity contribution in [2.75, 3.05) is 5.32 Å². The molecule has 1 aromatic rings. The second kappa shape index (κ2) is 6.51. The number of carbonyl (C=O) groups excluding carboxylic acids is 1. The summed E-state index contributed by atoms with van der Waals surface area (Å²) < 4.78 is 77.1. The van der Waals surface area contributed by atoms with Crippen LogP contribution in [0.5, 0.6) is 0 Å². The van der Waals surface area contributed by atoms with Crippen molar-refractivity contribution in [3.63, 3.8) is 0 Å². The molecule has 0 unspecified atom stereocenters. The minimum atomic E-state index is -4.82. The van der Waals surface area contributed by atoms with Crippen LogP contribution >= 0.6 is 0 Å². The molecule has 1 amide bonds. The molecule has 140 valence electrons. The Morgan fingerprint density at radius 1 is 1.31 bits per heavy atom. The molecule has 1 aliphatic heterocycles. The Labute approximate surface area is 143 Å². The van der Waals surface area contributed by atoms with Crippen molar-refractivity contribution in [2.24, 2.45) is 5.10 Å². The zero-order valence-electron chi connectivity index (χ0n) is 13.2. The van der Waals surface area contributed by atoms with Gasteiger partial charge < -0.3 is 5.32 Å². The molecule has 0 aromatic heterocycles. The van der Waals surface area contributed by atoms with E-state index in [9.17, 15) is 31.1 Å². The summed E-state index contributed by atoms with van der Waals surface area (Å²) >= 11 is 0. The standard InChI is InChI=1S/C15H12F6N4O/c1-3-13(7-11(24-25-13)15(19,20)21)12(26)23-8-4-5-10(22-2)9(6-8)14(16,17)18/h4-6,25H,3,7H2,1H3,(H,23,26)/t13-/m0/s1. The molecule has 1 aromatic carbocycles. The lowest BCUT2D eigenvalue weighted by Crippen LogP contribution is -2.50. The van der Waals surface area contributed by atoms with E-state index in [1.165, 1.54) is 6.92 Å². The third kappa shape index (κ3) is 3.74. The van der Waals surface area contributed by atoms with E-state index in [2.05, 4.69) is 20.7 Å². The number of benzene rings is 1. The fourth-order valence-corrected chi connectivity index (χ4v) is 2.39. The lowest BCUT2D eigenvalue weighted by molar-refractivity contribution is -0.136. The highest BCUT2D eigenvalue weighted by Gasteiger charge is 2.49. The summed E-state index contributed by atoms with van der Waals surface area (Å²) in [6.07, 6.45) is -10.4. The third-order valence-corrected chi connectivity index (χ3v) is 3.92. The van der Waals surface area contributed by atoms with E-state index in [1.54, 1.807) is 0 Å². The van der Waals surface area contributed by atoms with Gasteiger partial charge in [0.1, 0.15) is 11.3 Å². The van der Waals surface area contributed by atoms with E-state index in [4.69, 9.17) is 6.57 Å². The number of anilines is 1. The summed E-state index contributed by atoms with van der Waals surface area (Å²) in [5.74, 6) is -0.952. The first-order chi connectivity index (χ1) is 11.9. The first kappa shape index (κ1) is 19.6. The van der Waals surface area contributed by atoms with E-state index in [0.717, 1.165) is 12.1 Å². The number of carbonyl (C=O) groups is 1. The van der Waals surface area contributed by atoms with Gasteiger partial charge in [0.05, 0.1) is 12.1 Å². The van der Waals surface area contributed by atoms with E-state index in [0.29, 0.717) is 6.07 Å². The number of hydrogen-bond acceptors (Lipinski definition) is 3. The van der Waals surface area contributed by atoms with E-state index in [-0.39, 0.29) is 12.1 Å². The minimum Gasteiger partial charge on any atom is -0.324 e. The largest absolute Gasteiger partial charge is 0.431 e. The molecular formula is C15H12F6N4O. The fraction of sp³-hybridized carbons (Fsp3) is 0.400. The maximum absolute atomic E-state index is 13.0. The Kier molecular flexibility index (Phi) is 4.90. The SMILES string of the molecule is [C-]#[N+]c1ccc(NC(=O)[C@]2(CC)CC(C(F)(F)F)=NN2)cc1C(F)(F)F. The molecule has 0 aliphatic carbocycles. The Hall–Kier alpha value is -2.77. The molecule has 0 saturated carbocycles. The van der Waals surface area contributed by atoms with Gasteiger partial charge in [-0.3, -0.25) is 10.2 Å². The smallest absolute Gasteiger partial charge is 0.324 e. The highest BCUT2D eigenvalue weighted by atomic mass is 19.4. The molecule has 0 spiro atoms. The molecule has 0 fully saturated rings. The third-order valence-electron chi connectivity index (χ3n) is 3.92. The van der Waals surface area contributed by atoms with Crippen LogP contribution in [0.25, 0.3) is 4.85 Å². The molecule has 0 saturated heterocycles. The normalized spacial score (nSPS) is 20.2. The van der Waals surface area contributed by atoms with Crippen molar-refractivity contribution in [3.8, 4) is 0 Å². The Morgan fingerprint density at radius 3 is 2.42 bits per heavy atom. The van der Waals surface area contributed by atoms with Crippen LogP contribution in [0.3, 0.4) is 0 Å². The number of nitrogens with one attached hydrogen (secondary N) is 2. The molecule has 1 aliphatic rings. The van der Waals surface area contributed by atoms with Crippen molar-refractivity contribution >= 4 is 23.0 Å². The van der Waals surface area contributed by atoms with Crippen LogP contribution < -0.4 is 10.7 Å². The van der Waals surface area contributed by atoms with E-state index < -0.39 is 47.2 Å². The lowest BCUT2D eigenvalue weighted by Gasteiger charge is -2.26. The Morgan fingerprint density at radius 2 is 1.96 bits per heavy atom. The topological polar surface area (TPSA) is 57.9 Å². The van der Waals surface area contributed by atoms with Crippen molar-refractivity contribution in [2.45, 2.75) is 37.7 Å². The summed E-state index contributed by atoms with van der Waals surface area (Å²) in [4.78, 5) is 15.2. The summed E-state index contributed by atoms with van der Waals surface area (Å²) in [5, 5.41) is 5.31. The summed E-state index contributed by atoms with van der Waals surface area (Å²) in [6, 6.07) is 2.52. The monoisotopic (exact) mass is 378 g/mol. The maximum Gasteiger partial charge on any atom is 0.431 e. The number of hydrogen-bond donors (Lipinski definition) is 2. The Bertz CT molecular complexity index is 793. The van der Waals surface area contributed by atoms with Gasteiger partial charge in [-0.2, -0.15) is 31.4 Å². The second-order valence-corrected chi connectivity index (χ2v) is 5.58. The van der Waals surface area contributed by atoms with Gasteiger partial charge in [-0.05, 0) is 18.6 Å². The molecule has 1 heterocycles. The highest BCUT2D eigenvalue weighted by Crippen LogP contribution is 2.38. The van der Waals surface area contributed by atoms with Crippen LogP contribution in [-0.2, 0) is 11.0 Å². The predicted molar refractivity (Wildman–Crippen MR) is 80.6 cm³/mol. The molecule has 11 heteroatoms. The van der Waals surface area contributed by atoms with E-state index >= 15 is 0 Å². The number of hydrazone groups is 1. The molecule has 0 bridgehead atoms. The van der Waals surface area contributed by atoms with Crippen LogP contribution in [0.4, 0.5) is 37.7 Å². The summed E-state index contributed by atoms with van der Waals surface area (Å²) in [7, 11) is 0. The van der Waals surface area contributed by atoms with Gasteiger partial charge in [0, 0.05) is 12.1 Å². The average molecular weight is 378 g/mol. The number of amides is 1. The maximum atomic E-state index is 13.0. The summed E-state index contributed by atoms with van der Waals surface area (Å²) in [5.41, 5.74) is -2.93. The fourth-order valence-electron chi connectivity index (χ4n) is 2.39. The highest BCUT2D eigenvalue weighted by molar-refractivity contribution is 6.05. The van der Waals surface area contributed by atoms with Crippen molar-refractivity contribution in [1.82, 2.24) is 5.43 Å². The number of halogens is 6. The van der Waals surface area contributed by atoms with Gasteiger partial charge in [-0.15, -0.1) is 0 Å². The first-order valence-electron chi connectivity index (χ1n) is 7.24. The predicted octanol–water partition coefficient (Wildman–Crippen LogP) is 4.26.